The van der Waals surface area contributed by atoms with Gasteiger partial charge in [0.25, 0.3) is 0 Å². The molecule has 0 radical (unpaired) electrons. The molecular formula is C16H16N2O3S. The molecular weight excluding hydrogens is 300 g/mol. The summed E-state index contributed by atoms with van der Waals surface area (Å²) in [6.45, 7) is 2.74. The molecule has 3 heterocycles. The highest BCUT2D eigenvalue weighted by Gasteiger charge is 2.22. The maximum Gasteiger partial charge on any atom is 0.341 e. The first-order valence-electron chi connectivity index (χ1n) is 7.47. The number of benzene rings is 1. The number of hydrogen-bond donors (Lipinski definition) is 1. The summed E-state index contributed by atoms with van der Waals surface area (Å²) < 4.78 is 1.92. The molecule has 1 aromatic carbocycles. The molecule has 1 aromatic heterocycles. The molecule has 4 rings (SSSR count). The third-order valence-corrected chi connectivity index (χ3v) is 5.42. The highest BCUT2D eigenvalue weighted by atomic mass is 32.2. The van der Waals surface area contributed by atoms with E-state index in [1.54, 1.807) is 11.8 Å². The minimum Gasteiger partial charge on any atom is -0.477 e. The number of pyridine rings is 1. The van der Waals surface area contributed by atoms with E-state index in [4.69, 9.17) is 0 Å². The van der Waals surface area contributed by atoms with Gasteiger partial charge in [-0.25, -0.2) is 4.79 Å². The Kier molecular flexibility index (Phi) is 3.14. The van der Waals surface area contributed by atoms with Gasteiger partial charge < -0.3 is 14.6 Å². The van der Waals surface area contributed by atoms with Crippen LogP contribution in [-0.2, 0) is 6.54 Å². The number of aryl methyl sites for hydroxylation is 1. The van der Waals surface area contributed by atoms with Crippen LogP contribution in [-0.4, -0.2) is 34.5 Å². The molecule has 0 saturated carbocycles. The molecule has 0 spiro atoms. The zero-order chi connectivity index (χ0) is 15.3. The van der Waals surface area contributed by atoms with E-state index in [-0.39, 0.29) is 11.0 Å². The van der Waals surface area contributed by atoms with Gasteiger partial charge in [0, 0.05) is 47.6 Å². The van der Waals surface area contributed by atoms with Crippen LogP contribution in [0, 0.1) is 0 Å². The third kappa shape index (κ3) is 2.01. The van der Waals surface area contributed by atoms with Crippen LogP contribution < -0.4 is 10.3 Å². The number of nitrogens with zero attached hydrogens (tertiary/aromatic N) is 2. The summed E-state index contributed by atoms with van der Waals surface area (Å²) in [5, 5.41) is 9.82. The van der Waals surface area contributed by atoms with Gasteiger partial charge in [0.15, 0.2) is 0 Å². The average Bonchev–Trinajstić information content (AvgIpc) is 3.04. The van der Waals surface area contributed by atoms with E-state index >= 15 is 0 Å². The molecule has 5 nitrogen and oxygen atoms in total. The standard InChI is InChI=1S/C16H16N2O3S/c19-15-11-7-10(17-3-1-2-4-17)8-13-14(11)18(5-6-22-13)9-12(15)16(20)21/h7-9H,1-6H2,(H,20,21). The maximum atomic E-state index is 12.6. The summed E-state index contributed by atoms with van der Waals surface area (Å²) in [6.07, 6.45) is 3.82. The van der Waals surface area contributed by atoms with E-state index in [0.29, 0.717) is 5.39 Å². The lowest BCUT2D eigenvalue weighted by molar-refractivity contribution is 0.0695. The first kappa shape index (κ1) is 13.7. The monoisotopic (exact) mass is 316 g/mol. The predicted molar refractivity (Wildman–Crippen MR) is 87.3 cm³/mol. The fraction of sp³-hybridized carbons (Fsp3) is 0.375. The Morgan fingerprint density at radius 3 is 2.68 bits per heavy atom. The molecule has 2 aromatic rings. The number of hydrogen-bond acceptors (Lipinski definition) is 4. The molecule has 22 heavy (non-hydrogen) atoms. The van der Waals surface area contributed by atoms with Crippen LogP contribution in [0.25, 0.3) is 10.9 Å². The van der Waals surface area contributed by atoms with Crippen LogP contribution in [0.15, 0.2) is 28.0 Å². The number of carboxylic acids is 1. The van der Waals surface area contributed by atoms with Crippen LogP contribution in [0.2, 0.25) is 0 Å². The molecule has 1 N–H and O–H groups in total. The Morgan fingerprint density at radius 2 is 1.95 bits per heavy atom. The Bertz CT molecular complexity index is 837. The van der Waals surface area contributed by atoms with E-state index in [0.717, 1.165) is 41.5 Å². The Labute approximate surface area is 131 Å². The minimum atomic E-state index is -1.15. The van der Waals surface area contributed by atoms with Crippen LogP contribution in [0.1, 0.15) is 23.2 Å². The van der Waals surface area contributed by atoms with Gasteiger partial charge in [0.2, 0.25) is 5.43 Å². The molecule has 0 amide bonds. The highest BCUT2D eigenvalue weighted by Crippen LogP contribution is 2.36. The van der Waals surface area contributed by atoms with Crippen molar-refractivity contribution in [2.24, 2.45) is 0 Å². The van der Waals surface area contributed by atoms with Gasteiger partial charge in [0.05, 0.1) is 5.52 Å². The zero-order valence-electron chi connectivity index (χ0n) is 12.0. The smallest absolute Gasteiger partial charge is 0.341 e. The maximum absolute atomic E-state index is 12.6. The predicted octanol–water partition coefficient (Wildman–Crippen LogP) is 2.41. The van der Waals surface area contributed by atoms with Gasteiger partial charge in [-0.1, -0.05) is 0 Å². The largest absolute Gasteiger partial charge is 0.477 e. The lowest BCUT2D eigenvalue weighted by Gasteiger charge is -2.24. The number of rotatable bonds is 2. The first-order chi connectivity index (χ1) is 10.6. The van der Waals surface area contributed by atoms with Crippen molar-refractivity contribution in [1.29, 1.82) is 0 Å². The molecule has 6 heteroatoms. The summed E-state index contributed by atoms with van der Waals surface area (Å²) in [5.74, 6) is -0.255. The second-order valence-electron chi connectivity index (χ2n) is 5.75. The van der Waals surface area contributed by atoms with Crippen LogP contribution in [0.3, 0.4) is 0 Å². The van der Waals surface area contributed by atoms with E-state index in [2.05, 4.69) is 11.0 Å². The summed E-state index contributed by atoms with van der Waals surface area (Å²) in [5.41, 5.74) is 1.42. The van der Waals surface area contributed by atoms with E-state index in [1.165, 1.54) is 19.0 Å². The van der Waals surface area contributed by atoms with Crippen molar-refractivity contribution in [3.05, 3.63) is 34.1 Å². The number of carboxylic acid groups (broad SMARTS) is 1. The summed E-state index contributed by atoms with van der Waals surface area (Å²) in [6, 6.07) is 4.02. The topological polar surface area (TPSA) is 62.5 Å². The number of aromatic nitrogens is 1. The highest BCUT2D eigenvalue weighted by molar-refractivity contribution is 7.99. The molecule has 114 valence electrons. The minimum absolute atomic E-state index is 0.135. The van der Waals surface area contributed by atoms with Gasteiger partial charge >= 0.3 is 5.97 Å². The Hall–Kier alpha value is -1.95. The van der Waals surface area contributed by atoms with Crippen molar-refractivity contribution >= 4 is 34.3 Å². The van der Waals surface area contributed by atoms with Crippen molar-refractivity contribution in [3.63, 3.8) is 0 Å². The number of carbonyl (C=O) groups is 1. The van der Waals surface area contributed by atoms with E-state index in [1.807, 2.05) is 10.6 Å². The van der Waals surface area contributed by atoms with Gasteiger partial charge in [0.1, 0.15) is 5.56 Å². The van der Waals surface area contributed by atoms with Crippen molar-refractivity contribution in [1.82, 2.24) is 4.57 Å². The van der Waals surface area contributed by atoms with E-state index < -0.39 is 5.97 Å². The Morgan fingerprint density at radius 1 is 1.18 bits per heavy atom. The summed E-state index contributed by atoms with van der Waals surface area (Å²) >= 11 is 1.74. The van der Waals surface area contributed by atoms with Gasteiger partial charge in [-0.2, -0.15) is 0 Å². The number of aromatic carboxylic acids is 1. The normalized spacial score (nSPS) is 17.2. The molecule has 0 unspecified atom stereocenters. The fourth-order valence-corrected chi connectivity index (χ4v) is 4.41. The SMILES string of the molecule is O=C(O)c1cn2c3c(cc(N4CCCC4)cc3c1=O)SCC2. The quantitative estimate of drug-likeness (QED) is 0.922. The van der Waals surface area contributed by atoms with E-state index in [9.17, 15) is 14.7 Å². The van der Waals surface area contributed by atoms with Crippen molar-refractivity contribution < 1.29 is 9.90 Å². The van der Waals surface area contributed by atoms with Gasteiger partial charge in [-0.05, 0) is 25.0 Å². The van der Waals surface area contributed by atoms with Crippen molar-refractivity contribution in [2.75, 3.05) is 23.7 Å². The zero-order valence-corrected chi connectivity index (χ0v) is 12.9. The second kappa shape index (κ2) is 5.05. The lowest BCUT2D eigenvalue weighted by Crippen LogP contribution is -2.23. The second-order valence-corrected chi connectivity index (χ2v) is 6.89. The Balaban J connectivity index is 2.03. The summed E-state index contributed by atoms with van der Waals surface area (Å²) in [4.78, 5) is 27.3. The molecule has 0 atom stereocenters. The van der Waals surface area contributed by atoms with Crippen LogP contribution in [0.5, 0.6) is 0 Å². The third-order valence-electron chi connectivity index (χ3n) is 4.41. The van der Waals surface area contributed by atoms with Crippen molar-refractivity contribution in [3.8, 4) is 0 Å². The van der Waals surface area contributed by atoms with Gasteiger partial charge in [-0.3, -0.25) is 4.79 Å². The summed E-state index contributed by atoms with van der Waals surface area (Å²) in [7, 11) is 0. The first-order valence-corrected chi connectivity index (χ1v) is 8.46. The fourth-order valence-electron chi connectivity index (χ4n) is 3.34. The van der Waals surface area contributed by atoms with Crippen LogP contribution >= 0.6 is 11.8 Å². The molecule has 0 aliphatic carbocycles. The average molecular weight is 316 g/mol. The lowest BCUT2D eigenvalue weighted by atomic mass is 10.1. The molecule has 0 bridgehead atoms. The number of thioether (sulfide) groups is 1. The number of anilines is 1. The van der Waals surface area contributed by atoms with Crippen molar-refractivity contribution in [2.45, 2.75) is 24.3 Å². The molecule has 1 fully saturated rings. The molecule has 2 aliphatic heterocycles. The molecule has 2 aliphatic rings. The van der Waals surface area contributed by atoms with Gasteiger partial charge in [-0.15, -0.1) is 11.8 Å². The van der Waals surface area contributed by atoms with Crippen LogP contribution in [0.4, 0.5) is 5.69 Å². The molecule has 1 saturated heterocycles.